The van der Waals surface area contributed by atoms with Crippen LogP contribution in [0.4, 0.5) is 0 Å². The summed E-state index contributed by atoms with van der Waals surface area (Å²) in [4.78, 5) is 11.7. The van der Waals surface area contributed by atoms with Gasteiger partial charge in [-0.3, -0.25) is 10.1 Å². The van der Waals surface area contributed by atoms with Crippen LogP contribution in [-0.4, -0.2) is 37.9 Å². The molecule has 0 aliphatic rings. The Morgan fingerprint density at radius 1 is 1.15 bits per heavy atom. The fourth-order valence-electron chi connectivity index (χ4n) is 3.53. The summed E-state index contributed by atoms with van der Waals surface area (Å²) in [5, 5.41) is 25.6. The highest BCUT2D eigenvalue weighted by molar-refractivity contribution is 5.68. The van der Waals surface area contributed by atoms with Crippen LogP contribution in [0, 0.1) is 6.92 Å². The number of carboxylic acid groups (broad SMARTS) is 1. The van der Waals surface area contributed by atoms with Crippen molar-refractivity contribution in [2.75, 3.05) is 6.61 Å². The van der Waals surface area contributed by atoms with Crippen molar-refractivity contribution in [2.24, 2.45) is 0 Å². The van der Waals surface area contributed by atoms with E-state index in [1.807, 2.05) is 76.2 Å². The quantitative estimate of drug-likeness (QED) is 0.447. The Labute approximate surface area is 194 Å². The van der Waals surface area contributed by atoms with Crippen LogP contribution in [-0.2, 0) is 10.3 Å². The van der Waals surface area contributed by atoms with Crippen molar-refractivity contribution in [3.63, 3.8) is 0 Å². The molecule has 0 aliphatic carbocycles. The molecule has 0 saturated heterocycles. The summed E-state index contributed by atoms with van der Waals surface area (Å²) in [5.74, 6) is 0.425. The zero-order valence-corrected chi connectivity index (χ0v) is 19.5. The van der Waals surface area contributed by atoms with E-state index in [0.29, 0.717) is 18.2 Å². The average molecular weight is 450 g/mol. The van der Waals surface area contributed by atoms with Crippen LogP contribution in [0.3, 0.4) is 0 Å². The van der Waals surface area contributed by atoms with Crippen LogP contribution in [0.2, 0.25) is 0 Å². The zero-order chi connectivity index (χ0) is 24.0. The fourth-order valence-corrected chi connectivity index (χ4v) is 3.53. The topological polar surface area (TPSA) is 102 Å². The summed E-state index contributed by atoms with van der Waals surface area (Å²) in [6, 6.07) is 14.6. The van der Waals surface area contributed by atoms with Crippen molar-refractivity contribution < 1.29 is 14.6 Å². The Kier molecular flexibility index (Phi) is 7.60. The summed E-state index contributed by atoms with van der Waals surface area (Å²) in [6.45, 7) is 12.1. The molecule has 174 valence electrons. The lowest BCUT2D eigenvalue weighted by atomic mass is 9.98. The highest BCUT2D eigenvalue weighted by Crippen LogP contribution is 2.30. The number of aryl methyl sites for hydroxylation is 1. The second-order valence-electron chi connectivity index (χ2n) is 8.95. The summed E-state index contributed by atoms with van der Waals surface area (Å²) >= 11 is 0. The summed E-state index contributed by atoms with van der Waals surface area (Å²) in [5.41, 5.74) is 2.52. The van der Waals surface area contributed by atoms with E-state index in [2.05, 4.69) is 27.4 Å². The SMILES string of the molecule is C=CCOc1ccc(C(NC(CC(=O)O)c2ccc(C)cc2)c2nnnn2C(C)(C)C)cc1. The zero-order valence-electron chi connectivity index (χ0n) is 19.5. The van der Waals surface area contributed by atoms with Gasteiger partial charge in [0.15, 0.2) is 5.82 Å². The van der Waals surface area contributed by atoms with Crippen LogP contribution >= 0.6 is 0 Å². The molecule has 0 radical (unpaired) electrons. The minimum atomic E-state index is -0.893. The minimum absolute atomic E-state index is 0.0861. The van der Waals surface area contributed by atoms with Gasteiger partial charge in [0.25, 0.3) is 0 Å². The number of hydrogen-bond donors (Lipinski definition) is 2. The molecule has 0 amide bonds. The number of hydrogen-bond acceptors (Lipinski definition) is 6. The monoisotopic (exact) mass is 449 g/mol. The first-order valence-electron chi connectivity index (χ1n) is 10.9. The first-order chi connectivity index (χ1) is 15.7. The molecule has 0 aliphatic heterocycles. The van der Waals surface area contributed by atoms with Crippen molar-refractivity contribution in [1.29, 1.82) is 0 Å². The van der Waals surface area contributed by atoms with Gasteiger partial charge < -0.3 is 9.84 Å². The van der Waals surface area contributed by atoms with E-state index < -0.39 is 18.1 Å². The van der Waals surface area contributed by atoms with Gasteiger partial charge in [-0.05, 0) is 61.4 Å². The second-order valence-corrected chi connectivity index (χ2v) is 8.95. The van der Waals surface area contributed by atoms with E-state index >= 15 is 0 Å². The maximum atomic E-state index is 11.7. The van der Waals surface area contributed by atoms with Crippen molar-refractivity contribution in [1.82, 2.24) is 25.5 Å². The summed E-state index contributed by atoms with van der Waals surface area (Å²) in [6.07, 6.45) is 1.60. The highest BCUT2D eigenvalue weighted by Gasteiger charge is 2.30. The van der Waals surface area contributed by atoms with E-state index in [9.17, 15) is 9.90 Å². The number of benzene rings is 2. The number of ether oxygens (including phenoxy) is 1. The highest BCUT2D eigenvalue weighted by atomic mass is 16.5. The molecule has 1 aromatic heterocycles. The van der Waals surface area contributed by atoms with E-state index in [-0.39, 0.29) is 12.0 Å². The lowest BCUT2D eigenvalue weighted by Gasteiger charge is -2.28. The van der Waals surface area contributed by atoms with Crippen LogP contribution in [0.1, 0.15) is 61.8 Å². The van der Waals surface area contributed by atoms with E-state index in [1.165, 1.54) is 0 Å². The number of tetrazole rings is 1. The van der Waals surface area contributed by atoms with Gasteiger partial charge in [0.05, 0.1) is 18.0 Å². The molecular weight excluding hydrogens is 418 g/mol. The third-order valence-corrected chi connectivity index (χ3v) is 5.19. The number of aromatic nitrogens is 4. The van der Waals surface area contributed by atoms with Gasteiger partial charge in [-0.15, -0.1) is 5.10 Å². The third kappa shape index (κ3) is 6.26. The third-order valence-electron chi connectivity index (χ3n) is 5.19. The molecule has 2 unspecified atom stereocenters. The Morgan fingerprint density at radius 3 is 2.36 bits per heavy atom. The number of rotatable bonds is 10. The molecule has 0 bridgehead atoms. The molecule has 8 heteroatoms. The van der Waals surface area contributed by atoms with E-state index in [4.69, 9.17) is 4.74 Å². The Morgan fingerprint density at radius 2 is 1.79 bits per heavy atom. The van der Waals surface area contributed by atoms with Crippen molar-refractivity contribution in [2.45, 2.75) is 51.7 Å². The van der Waals surface area contributed by atoms with Gasteiger partial charge in [-0.2, -0.15) is 0 Å². The Bertz CT molecular complexity index is 1070. The number of aliphatic carboxylic acids is 1. The lowest BCUT2D eigenvalue weighted by Crippen LogP contribution is -2.34. The number of nitrogens with zero attached hydrogens (tertiary/aromatic N) is 4. The van der Waals surface area contributed by atoms with Crippen LogP contribution in [0.5, 0.6) is 5.75 Å². The number of carbonyl (C=O) groups is 1. The largest absolute Gasteiger partial charge is 0.490 e. The molecule has 0 saturated carbocycles. The van der Waals surface area contributed by atoms with Crippen LogP contribution in [0.15, 0.2) is 61.2 Å². The molecule has 33 heavy (non-hydrogen) atoms. The minimum Gasteiger partial charge on any atom is -0.490 e. The molecule has 3 aromatic rings. The van der Waals surface area contributed by atoms with Gasteiger partial charge in [0, 0.05) is 6.04 Å². The Hall–Kier alpha value is -3.52. The normalized spacial score (nSPS) is 13.3. The second kappa shape index (κ2) is 10.4. The predicted octanol–water partition coefficient (Wildman–Crippen LogP) is 4.20. The fraction of sp³-hybridized carbons (Fsp3) is 0.360. The molecule has 2 N–H and O–H groups in total. The molecule has 2 atom stereocenters. The summed E-state index contributed by atoms with van der Waals surface area (Å²) < 4.78 is 7.37. The molecular formula is C25H31N5O3. The maximum Gasteiger partial charge on any atom is 0.305 e. The molecule has 8 nitrogen and oxygen atoms in total. The summed E-state index contributed by atoms with van der Waals surface area (Å²) in [7, 11) is 0. The van der Waals surface area contributed by atoms with Crippen molar-refractivity contribution >= 4 is 5.97 Å². The molecule has 0 spiro atoms. The smallest absolute Gasteiger partial charge is 0.305 e. The van der Waals surface area contributed by atoms with Crippen molar-refractivity contribution in [3.05, 3.63) is 83.7 Å². The number of carboxylic acids is 1. The van der Waals surface area contributed by atoms with Gasteiger partial charge in [-0.1, -0.05) is 54.6 Å². The molecule has 1 heterocycles. The van der Waals surface area contributed by atoms with Crippen LogP contribution in [0.25, 0.3) is 0 Å². The van der Waals surface area contributed by atoms with Gasteiger partial charge in [-0.25, -0.2) is 4.68 Å². The molecule has 3 rings (SSSR count). The van der Waals surface area contributed by atoms with E-state index in [0.717, 1.165) is 16.7 Å². The van der Waals surface area contributed by atoms with E-state index in [1.54, 1.807) is 10.8 Å². The Balaban J connectivity index is 2.03. The lowest BCUT2D eigenvalue weighted by molar-refractivity contribution is -0.137. The molecule has 0 fully saturated rings. The maximum absolute atomic E-state index is 11.7. The number of nitrogens with one attached hydrogen (secondary N) is 1. The van der Waals surface area contributed by atoms with Gasteiger partial charge in [0.1, 0.15) is 12.4 Å². The predicted molar refractivity (Wildman–Crippen MR) is 126 cm³/mol. The van der Waals surface area contributed by atoms with Crippen LogP contribution < -0.4 is 10.1 Å². The van der Waals surface area contributed by atoms with Crippen molar-refractivity contribution in [3.8, 4) is 5.75 Å². The van der Waals surface area contributed by atoms with Gasteiger partial charge >= 0.3 is 5.97 Å². The molecule has 2 aromatic carbocycles. The average Bonchev–Trinajstić information content (AvgIpc) is 3.26. The first kappa shape index (κ1) is 24.1. The first-order valence-corrected chi connectivity index (χ1v) is 10.9. The standard InChI is InChI=1S/C25H31N5O3/c1-6-15-33-20-13-11-19(12-14-20)23(24-27-28-29-30(24)25(3,4)5)26-21(16-22(31)32)18-9-7-17(2)8-10-18/h6-14,21,23,26H,1,15-16H2,2-5H3,(H,31,32). The van der Waals surface area contributed by atoms with Gasteiger partial charge in [0.2, 0.25) is 0 Å².